The highest BCUT2D eigenvalue weighted by molar-refractivity contribution is 5.84. The van der Waals surface area contributed by atoms with Crippen molar-refractivity contribution in [1.82, 2.24) is 14.9 Å². The van der Waals surface area contributed by atoms with Crippen molar-refractivity contribution in [1.29, 1.82) is 0 Å². The van der Waals surface area contributed by atoms with E-state index in [0.717, 1.165) is 37.2 Å². The molecule has 5 heteroatoms. The predicted octanol–water partition coefficient (Wildman–Crippen LogP) is 2.97. The third kappa shape index (κ3) is 3.83. The normalized spacial score (nSPS) is 24.3. The summed E-state index contributed by atoms with van der Waals surface area (Å²) in [7, 11) is 0. The molecule has 1 aromatic heterocycles. The summed E-state index contributed by atoms with van der Waals surface area (Å²) in [6.45, 7) is 3.06. The van der Waals surface area contributed by atoms with Crippen molar-refractivity contribution in [3.63, 3.8) is 0 Å². The fourth-order valence-corrected chi connectivity index (χ4v) is 4.00. The van der Waals surface area contributed by atoms with Gasteiger partial charge in [0, 0.05) is 13.1 Å². The van der Waals surface area contributed by atoms with Crippen LogP contribution in [0.15, 0.2) is 12.4 Å². The summed E-state index contributed by atoms with van der Waals surface area (Å²) in [5.74, 6) is 0.728. The van der Waals surface area contributed by atoms with Gasteiger partial charge < -0.3 is 5.11 Å². The van der Waals surface area contributed by atoms with Gasteiger partial charge in [-0.15, -0.1) is 0 Å². The SMILES string of the molecule is O=C(O)c1cnc(CN2CCCC(C3CCCCC3)C2)cn1. The number of hydrogen-bond acceptors (Lipinski definition) is 4. The van der Waals surface area contributed by atoms with Crippen LogP contribution in [0.2, 0.25) is 0 Å². The van der Waals surface area contributed by atoms with Crippen molar-refractivity contribution in [2.24, 2.45) is 11.8 Å². The Bertz CT molecular complexity index is 497. The fraction of sp³-hybridized carbons (Fsp3) is 0.706. The molecule has 0 radical (unpaired) electrons. The van der Waals surface area contributed by atoms with Crippen molar-refractivity contribution in [3.05, 3.63) is 23.8 Å². The molecule has 1 aliphatic carbocycles. The van der Waals surface area contributed by atoms with Gasteiger partial charge in [-0.2, -0.15) is 0 Å². The predicted molar refractivity (Wildman–Crippen MR) is 83.6 cm³/mol. The Morgan fingerprint density at radius 2 is 1.86 bits per heavy atom. The van der Waals surface area contributed by atoms with Crippen LogP contribution in [0.4, 0.5) is 0 Å². The molecule has 2 heterocycles. The molecule has 1 saturated carbocycles. The third-order valence-corrected chi connectivity index (χ3v) is 5.17. The minimum atomic E-state index is -1.02. The van der Waals surface area contributed by atoms with Crippen LogP contribution in [0, 0.1) is 11.8 Å². The minimum absolute atomic E-state index is 0.0162. The topological polar surface area (TPSA) is 66.3 Å². The molecule has 1 aliphatic heterocycles. The maximum atomic E-state index is 10.8. The molecule has 0 spiro atoms. The van der Waals surface area contributed by atoms with E-state index in [1.165, 1.54) is 51.1 Å². The van der Waals surface area contributed by atoms with Crippen molar-refractivity contribution in [3.8, 4) is 0 Å². The summed E-state index contributed by atoms with van der Waals surface area (Å²) < 4.78 is 0. The molecule has 2 aliphatic rings. The van der Waals surface area contributed by atoms with E-state index in [1.807, 2.05) is 0 Å². The summed E-state index contributed by atoms with van der Waals surface area (Å²) >= 11 is 0. The Morgan fingerprint density at radius 3 is 2.55 bits per heavy atom. The van der Waals surface area contributed by atoms with Crippen LogP contribution in [0.1, 0.15) is 61.1 Å². The Hall–Kier alpha value is -1.49. The molecule has 1 saturated heterocycles. The van der Waals surface area contributed by atoms with Crippen LogP contribution in [0.3, 0.4) is 0 Å². The summed E-state index contributed by atoms with van der Waals surface area (Å²) in [6, 6.07) is 0. The number of rotatable bonds is 4. The molecule has 0 amide bonds. The second-order valence-corrected chi connectivity index (χ2v) is 6.73. The number of hydrogen-bond donors (Lipinski definition) is 1. The van der Waals surface area contributed by atoms with Gasteiger partial charge in [-0.1, -0.05) is 32.1 Å². The van der Waals surface area contributed by atoms with Crippen LogP contribution in [0.5, 0.6) is 0 Å². The van der Waals surface area contributed by atoms with E-state index in [-0.39, 0.29) is 5.69 Å². The molecule has 2 fully saturated rings. The first-order valence-electron chi connectivity index (χ1n) is 8.49. The molecular weight excluding hydrogens is 278 g/mol. The lowest BCUT2D eigenvalue weighted by atomic mass is 9.76. The van der Waals surface area contributed by atoms with Crippen molar-refractivity contribution in [2.75, 3.05) is 13.1 Å². The van der Waals surface area contributed by atoms with Gasteiger partial charge in [0.15, 0.2) is 5.69 Å². The molecule has 22 heavy (non-hydrogen) atoms. The maximum Gasteiger partial charge on any atom is 0.356 e. The molecule has 3 rings (SSSR count). The second kappa shape index (κ2) is 7.18. The first-order chi connectivity index (χ1) is 10.7. The number of nitrogens with zero attached hydrogens (tertiary/aromatic N) is 3. The molecule has 0 aromatic carbocycles. The average Bonchev–Trinajstić information content (AvgIpc) is 2.56. The molecule has 1 unspecified atom stereocenters. The Morgan fingerprint density at radius 1 is 1.09 bits per heavy atom. The number of piperidine rings is 1. The first-order valence-corrected chi connectivity index (χ1v) is 8.49. The number of aromatic carboxylic acids is 1. The van der Waals surface area contributed by atoms with Crippen LogP contribution in [-0.4, -0.2) is 39.0 Å². The quantitative estimate of drug-likeness (QED) is 0.926. The highest BCUT2D eigenvalue weighted by atomic mass is 16.4. The van der Waals surface area contributed by atoms with Crippen LogP contribution < -0.4 is 0 Å². The van der Waals surface area contributed by atoms with E-state index >= 15 is 0 Å². The Kier molecular flexibility index (Phi) is 5.03. The van der Waals surface area contributed by atoms with Gasteiger partial charge in [0.2, 0.25) is 0 Å². The van der Waals surface area contributed by atoms with Gasteiger partial charge in [-0.05, 0) is 31.2 Å². The summed E-state index contributed by atoms with van der Waals surface area (Å²) in [5.41, 5.74) is 0.886. The van der Waals surface area contributed by atoms with E-state index in [4.69, 9.17) is 5.11 Å². The van der Waals surface area contributed by atoms with Crippen molar-refractivity contribution >= 4 is 5.97 Å². The van der Waals surface area contributed by atoms with Crippen molar-refractivity contribution in [2.45, 2.75) is 51.5 Å². The average molecular weight is 303 g/mol. The standard InChI is InChI=1S/C17H25N3O2/c21-17(22)16-10-18-15(9-19-16)12-20-8-4-7-14(11-20)13-5-2-1-3-6-13/h9-10,13-14H,1-8,11-12H2,(H,21,22). The van der Waals surface area contributed by atoms with Gasteiger partial charge in [-0.3, -0.25) is 9.88 Å². The Labute approximate surface area is 131 Å². The second-order valence-electron chi connectivity index (χ2n) is 6.73. The maximum absolute atomic E-state index is 10.8. The van der Waals surface area contributed by atoms with Crippen LogP contribution in [0.25, 0.3) is 0 Å². The monoisotopic (exact) mass is 303 g/mol. The Balaban J connectivity index is 1.56. The van der Waals surface area contributed by atoms with Gasteiger partial charge in [0.1, 0.15) is 0 Å². The molecule has 0 bridgehead atoms. The zero-order valence-electron chi connectivity index (χ0n) is 13.1. The molecule has 1 atom stereocenters. The fourth-order valence-electron chi connectivity index (χ4n) is 4.00. The van der Waals surface area contributed by atoms with E-state index in [2.05, 4.69) is 14.9 Å². The zero-order chi connectivity index (χ0) is 15.4. The van der Waals surface area contributed by atoms with E-state index in [9.17, 15) is 4.79 Å². The van der Waals surface area contributed by atoms with Gasteiger partial charge in [0.25, 0.3) is 0 Å². The highest BCUT2D eigenvalue weighted by Crippen LogP contribution is 2.34. The van der Waals surface area contributed by atoms with Crippen LogP contribution in [-0.2, 0) is 6.54 Å². The summed E-state index contributed by atoms with van der Waals surface area (Å²) in [6.07, 6.45) is 12.6. The minimum Gasteiger partial charge on any atom is -0.476 e. The zero-order valence-corrected chi connectivity index (χ0v) is 13.1. The largest absolute Gasteiger partial charge is 0.476 e. The van der Waals surface area contributed by atoms with Gasteiger partial charge in [0.05, 0.1) is 18.1 Å². The van der Waals surface area contributed by atoms with Crippen LogP contribution >= 0.6 is 0 Å². The number of carbonyl (C=O) groups is 1. The van der Waals surface area contributed by atoms with Gasteiger partial charge >= 0.3 is 5.97 Å². The smallest absolute Gasteiger partial charge is 0.356 e. The molecule has 1 N–H and O–H groups in total. The lowest BCUT2D eigenvalue weighted by Crippen LogP contribution is -2.38. The molecule has 5 nitrogen and oxygen atoms in total. The first kappa shape index (κ1) is 15.4. The highest BCUT2D eigenvalue weighted by Gasteiger charge is 2.28. The van der Waals surface area contributed by atoms with E-state index in [1.54, 1.807) is 6.20 Å². The van der Waals surface area contributed by atoms with Gasteiger partial charge in [-0.25, -0.2) is 9.78 Å². The lowest BCUT2D eigenvalue weighted by Gasteiger charge is -2.38. The molecule has 120 valence electrons. The van der Waals surface area contributed by atoms with Crippen molar-refractivity contribution < 1.29 is 9.90 Å². The molecule has 1 aromatic rings. The lowest BCUT2D eigenvalue weighted by molar-refractivity contribution is 0.0689. The number of aromatic nitrogens is 2. The van der Waals surface area contributed by atoms with E-state index in [0.29, 0.717) is 0 Å². The summed E-state index contributed by atoms with van der Waals surface area (Å²) in [4.78, 5) is 21.5. The summed E-state index contributed by atoms with van der Waals surface area (Å²) in [5, 5.41) is 8.86. The van der Waals surface area contributed by atoms with E-state index < -0.39 is 5.97 Å². The molecular formula is C17H25N3O2. The number of carboxylic acid groups (broad SMARTS) is 1. The third-order valence-electron chi connectivity index (χ3n) is 5.17. The number of likely N-dealkylation sites (tertiary alicyclic amines) is 1. The number of carboxylic acids is 1.